The van der Waals surface area contributed by atoms with E-state index < -0.39 is 11.6 Å². The van der Waals surface area contributed by atoms with Crippen LogP contribution in [-0.2, 0) is 22.6 Å². The van der Waals surface area contributed by atoms with Crippen LogP contribution in [0.1, 0.15) is 51.3 Å². The molecule has 0 unspecified atom stereocenters. The number of carbonyl (C=O) groups is 2. The number of hydrogen-bond acceptors (Lipinski definition) is 5. The van der Waals surface area contributed by atoms with Gasteiger partial charge in [0, 0.05) is 29.2 Å². The van der Waals surface area contributed by atoms with Crippen LogP contribution in [0.5, 0.6) is 0 Å². The second-order valence-corrected chi connectivity index (χ2v) is 9.44. The number of hydrogen-bond donors (Lipinski definition) is 1. The van der Waals surface area contributed by atoms with Crippen molar-refractivity contribution in [1.82, 2.24) is 25.3 Å². The topological polar surface area (TPSA) is 93.0 Å². The van der Waals surface area contributed by atoms with Gasteiger partial charge in [0.2, 0.25) is 11.8 Å². The summed E-state index contributed by atoms with van der Waals surface area (Å²) >= 11 is 0. The van der Waals surface area contributed by atoms with Crippen LogP contribution in [0.15, 0.2) is 73.1 Å². The lowest BCUT2D eigenvalue weighted by molar-refractivity contribution is -0.128. The number of rotatable bonds is 9. The smallest absolute Gasteiger partial charge is 0.249 e. The maximum atomic E-state index is 14.0. The molecule has 2 aromatic heterocycles. The largest absolute Gasteiger partial charge is 0.349 e. The number of pyridine rings is 1. The Morgan fingerprint density at radius 2 is 1.78 bits per heavy atom. The Labute approximate surface area is 211 Å². The summed E-state index contributed by atoms with van der Waals surface area (Å²) in [5, 5.41) is 11.5. The van der Waals surface area contributed by atoms with Gasteiger partial charge in [-0.25, -0.2) is 4.68 Å². The number of amides is 2. The van der Waals surface area contributed by atoms with E-state index in [1.165, 1.54) is 0 Å². The van der Waals surface area contributed by atoms with Gasteiger partial charge in [-0.15, -0.1) is 5.10 Å². The second-order valence-electron chi connectivity index (χ2n) is 9.44. The minimum absolute atomic E-state index is 0.0722. The maximum Gasteiger partial charge on any atom is 0.249 e. The van der Waals surface area contributed by atoms with Crippen molar-refractivity contribution in [2.75, 3.05) is 4.90 Å². The number of carbonyl (C=O) groups excluding carboxylic acids is 2. The highest BCUT2D eigenvalue weighted by Gasteiger charge is 2.35. The molecule has 2 aromatic carbocycles. The van der Waals surface area contributed by atoms with Crippen LogP contribution in [0.4, 0.5) is 5.69 Å². The van der Waals surface area contributed by atoms with E-state index in [-0.39, 0.29) is 18.4 Å². The van der Waals surface area contributed by atoms with Crippen molar-refractivity contribution < 1.29 is 9.59 Å². The number of fused-ring (bicyclic) bond motifs is 1. The molecule has 2 heterocycles. The predicted octanol–water partition coefficient (Wildman–Crippen LogP) is 4.47. The van der Waals surface area contributed by atoms with Crippen LogP contribution < -0.4 is 10.2 Å². The summed E-state index contributed by atoms with van der Waals surface area (Å²) in [5.74, 6) is -0.556. The van der Waals surface area contributed by atoms with Gasteiger partial charge in [0.05, 0.1) is 5.52 Å². The average Bonchev–Trinajstić information content (AvgIpc) is 3.30. The first kappa shape index (κ1) is 25.0. The molecule has 1 N–H and O–H groups in total. The second kappa shape index (κ2) is 10.7. The van der Waals surface area contributed by atoms with E-state index in [0.29, 0.717) is 16.8 Å². The van der Waals surface area contributed by atoms with Crippen LogP contribution in [0, 0.1) is 0 Å². The maximum absolute atomic E-state index is 14.0. The zero-order chi connectivity index (χ0) is 25.7. The molecule has 2 amide bonds. The molecular formula is C28H32N6O2. The molecule has 8 heteroatoms. The van der Waals surface area contributed by atoms with E-state index >= 15 is 0 Å². The predicted molar refractivity (Wildman–Crippen MR) is 140 cm³/mol. The summed E-state index contributed by atoms with van der Waals surface area (Å²) in [6.45, 7) is 7.95. The van der Waals surface area contributed by atoms with Crippen molar-refractivity contribution in [3.05, 3.63) is 84.2 Å². The van der Waals surface area contributed by atoms with Gasteiger partial charge < -0.3 is 5.32 Å². The van der Waals surface area contributed by atoms with Crippen molar-refractivity contribution in [2.45, 2.75) is 58.7 Å². The molecule has 1 atom stereocenters. The van der Waals surface area contributed by atoms with Gasteiger partial charge >= 0.3 is 0 Å². The number of aromatic nitrogens is 4. The normalized spacial score (nSPS) is 12.3. The summed E-state index contributed by atoms with van der Waals surface area (Å²) in [7, 11) is 0. The zero-order valence-electron chi connectivity index (χ0n) is 21.2. The van der Waals surface area contributed by atoms with Gasteiger partial charge in [-0.05, 0) is 62.6 Å². The van der Waals surface area contributed by atoms with Crippen LogP contribution >= 0.6 is 0 Å². The number of nitrogens with zero attached hydrogens (tertiary/aromatic N) is 5. The summed E-state index contributed by atoms with van der Waals surface area (Å²) in [5.41, 5.74) is 3.40. The van der Waals surface area contributed by atoms with Gasteiger partial charge in [0.25, 0.3) is 0 Å². The van der Waals surface area contributed by atoms with Crippen LogP contribution in [0.25, 0.3) is 11.0 Å². The third kappa shape index (κ3) is 5.43. The van der Waals surface area contributed by atoms with Gasteiger partial charge in [0.1, 0.15) is 18.1 Å². The average molecular weight is 485 g/mol. The quantitative estimate of drug-likeness (QED) is 0.378. The lowest BCUT2D eigenvalue weighted by Gasteiger charge is -2.34. The number of benzene rings is 2. The third-order valence-corrected chi connectivity index (χ3v) is 6.45. The Kier molecular flexibility index (Phi) is 7.43. The first-order valence-electron chi connectivity index (χ1n) is 12.2. The lowest BCUT2D eigenvalue weighted by atomic mass is 9.99. The fraction of sp³-hybridized carbons (Fsp3) is 0.321. The summed E-state index contributed by atoms with van der Waals surface area (Å²) < 4.78 is 1.57. The molecule has 0 radical (unpaired) electrons. The zero-order valence-corrected chi connectivity index (χ0v) is 21.2. The first-order valence-corrected chi connectivity index (χ1v) is 12.2. The molecule has 0 aliphatic carbocycles. The van der Waals surface area contributed by atoms with Crippen molar-refractivity contribution in [1.29, 1.82) is 0 Å². The van der Waals surface area contributed by atoms with E-state index in [0.717, 1.165) is 23.9 Å². The molecule has 0 aliphatic rings. The van der Waals surface area contributed by atoms with E-state index in [4.69, 9.17) is 0 Å². The standard InChI is InChI=1S/C28H32N6O2/c1-5-20-13-15-22(16-14-20)34(25(35)19-33-24-12-8-7-11-23(24)31-32-33)26(21-10-9-17-29-18-21)27(36)30-28(3,4)6-2/h7-18,26H,5-6,19H2,1-4H3,(H,30,36)/t26-/m0/s1. The molecule has 0 aliphatic heterocycles. The van der Waals surface area contributed by atoms with Crippen LogP contribution in [0.2, 0.25) is 0 Å². The highest BCUT2D eigenvalue weighted by molar-refractivity contribution is 6.01. The van der Waals surface area contributed by atoms with Crippen molar-refractivity contribution in [2.24, 2.45) is 0 Å². The number of para-hydroxylation sites is 1. The van der Waals surface area contributed by atoms with Gasteiger partial charge in [0.15, 0.2) is 0 Å². The molecule has 8 nitrogen and oxygen atoms in total. The molecule has 36 heavy (non-hydrogen) atoms. The molecule has 4 aromatic rings. The van der Waals surface area contributed by atoms with Crippen LogP contribution in [0.3, 0.4) is 0 Å². The molecule has 186 valence electrons. The molecular weight excluding hydrogens is 452 g/mol. The third-order valence-electron chi connectivity index (χ3n) is 6.45. The van der Waals surface area contributed by atoms with E-state index in [9.17, 15) is 9.59 Å². The Morgan fingerprint density at radius 3 is 2.44 bits per heavy atom. The highest BCUT2D eigenvalue weighted by atomic mass is 16.2. The number of nitrogens with one attached hydrogen (secondary N) is 1. The fourth-order valence-electron chi connectivity index (χ4n) is 4.01. The highest BCUT2D eigenvalue weighted by Crippen LogP contribution is 2.29. The Morgan fingerprint density at radius 1 is 1.03 bits per heavy atom. The Hall–Kier alpha value is -4.07. The van der Waals surface area contributed by atoms with E-state index in [1.807, 2.05) is 75.4 Å². The van der Waals surface area contributed by atoms with Crippen LogP contribution in [-0.4, -0.2) is 37.3 Å². The molecule has 0 saturated carbocycles. The summed E-state index contributed by atoms with van der Waals surface area (Å²) in [6.07, 6.45) is 4.89. The molecule has 4 rings (SSSR count). The van der Waals surface area contributed by atoms with Gasteiger partial charge in [-0.2, -0.15) is 0 Å². The molecule has 0 saturated heterocycles. The van der Waals surface area contributed by atoms with E-state index in [2.05, 4.69) is 27.5 Å². The molecule has 0 spiro atoms. The minimum Gasteiger partial charge on any atom is -0.349 e. The first-order chi connectivity index (χ1) is 17.3. The Bertz CT molecular complexity index is 1330. The summed E-state index contributed by atoms with van der Waals surface area (Å²) in [6, 6.07) is 17.9. The molecule has 0 bridgehead atoms. The SMILES string of the molecule is CCc1ccc(N(C(=O)Cn2nnc3ccccc32)[C@H](C(=O)NC(C)(C)CC)c2cccnc2)cc1. The van der Waals surface area contributed by atoms with Crippen molar-refractivity contribution in [3.8, 4) is 0 Å². The lowest BCUT2D eigenvalue weighted by Crippen LogP contribution is -2.51. The Balaban J connectivity index is 1.80. The number of aryl methyl sites for hydroxylation is 1. The molecule has 0 fully saturated rings. The van der Waals surface area contributed by atoms with Gasteiger partial charge in [-0.3, -0.25) is 19.5 Å². The number of anilines is 1. The van der Waals surface area contributed by atoms with E-state index in [1.54, 1.807) is 28.0 Å². The van der Waals surface area contributed by atoms with Crippen molar-refractivity contribution >= 4 is 28.5 Å². The summed E-state index contributed by atoms with van der Waals surface area (Å²) in [4.78, 5) is 33.6. The van der Waals surface area contributed by atoms with Gasteiger partial charge in [-0.1, -0.05) is 49.4 Å². The fourth-order valence-corrected chi connectivity index (χ4v) is 4.01. The van der Waals surface area contributed by atoms with Crippen molar-refractivity contribution in [3.63, 3.8) is 0 Å². The minimum atomic E-state index is -0.917. The monoisotopic (exact) mass is 484 g/mol.